The molecule has 0 amide bonds. The van der Waals surface area contributed by atoms with E-state index in [4.69, 9.17) is 0 Å². The molecule has 124 valence electrons. The molecule has 0 bridgehead atoms. The summed E-state index contributed by atoms with van der Waals surface area (Å²) in [6.07, 6.45) is 1.82. The summed E-state index contributed by atoms with van der Waals surface area (Å²) in [5.41, 5.74) is 0.461. The maximum Gasteiger partial charge on any atom is 0.271 e. The van der Waals surface area contributed by atoms with Crippen LogP contribution >= 0.6 is 0 Å². The van der Waals surface area contributed by atoms with Gasteiger partial charge in [0, 0.05) is 6.42 Å². The van der Waals surface area contributed by atoms with Crippen molar-refractivity contribution in [2.45, 2.75) is 39.7 Å². The Labute approximate surface area is 140 Å². The summed E-state index contributed by atoms with van der Waals surface area (Å²) in [4.78, 5) is 24.9. The molecule has 0 radical (unpaired) electrons. The molecular weight excluding hydrogens is 304 g/mol. The van der Waals surface area contributed by atoms with Crippen molar-refractivity contribution in [2.75, 3.05) is 0 Å². The first kappa shape index (κ1) is 17.5. The average molecular weight is 324 g/mol. The molecule has 24 heavy (non-hydrogen) atoms. The van der Waals surface area contributed by atoms with Crippen LogP contribution in [0.15, 0.2) is 35.1 Å². The van der Waals surface area contributed by atoms with Crippen LogP contribution in [0, 0.1) is 18.3 Å². The van der Waals surface area contributed by atoms with Gasteiger partial charge in [0.25, 0.3) is 5.56 Å². The second-order valence-electron chi connectivity index (χ2n) is 5.71. The van der Waals surface area contributed by atoms with Gasteiger partial charge in [0.1, 0.15) is 11.6 Å². The lowest BCUT2D eigenvalue weighted by Gasteiger charge is -2.15. The van der Waals surface area contributed by atoms with E-state index >= 15 is 0 Å². The molecule has 0 spiro atoms. The summed E-state index contributed by atoms with van der Waals surface area (Å²) >= 11 is 0. The van der Waals surface area contributed by atoms with Gasteiger partial charge in [-0.2, -0.15) is 5.26 Å². The summed E-state index contributed by atoms with van der Waals surface area (Å²) in [7, 11) is 0. The minimum Gasteiger partial charge on any atom is -0.494 e. The molecule has 1 heterocycles. The first-order valence-electron chi connectivity index (χ1n) is 7.94. The zero-order chi connectivity index (χ0) is 17.7. The van der Waals surface area contributed by atoms with Crippen LogP contribution in [0.1, 0.15) is 53.2 Å². The quantitative estimate of drug-likeness (QED) is 0.827. The van der Waals surface area contributed by atoms with Gasteiger partial charge in [-0.15, -0.1) is 0 Å². The van der Waals surface area contributed by atoms with Crippen LogP contribution < -0.4 is 5.56 Å². The topological polar surface area (TPSA) is 83.1 Å². The van der Waals surface area contributed by atoms with Gasteiger partial charge in [0.05, 0.1) is 12.1 Å². The maximum atomic E-state index is 12.5. The van der Waals surface area contributed by atoms with Gasteiger partial charge in [-0.1, -0.05) is 43.7 Å². The van der Waals surface area contributed by atoms with E-state index in [-0.39, 0.29) is 41.3 Å². The highest BCUT2D eigenvalue weighted by molar-refractivity contribution is 5.99. The van der Waals surface area contributed by atoms with Crippen LogP contribution in [0.2, 0.25) is 0 Å². The molecule has 0 aliphatic rings. The molecule has 2 aromatic rings. The van der Waals surface area contributed by atoms with Crippen LogP contribution in [0.25, 0.3) is 0 Å². The molecule has 0 aliphatic carbocycles. The predicted octanol–water partition coefficient (Wildman–Crippen LogP) is 3.16. The molecular formula is C19H20N2O3. The molecule has 0 unspecified atom stereocenters. The first-order valence-corrected chi connectivity index (χ1v) is 7.94. The molecule has 2 rings (SSSR count). The number of rotatable bonds is 6. The summed E-state index contributed by atoms with van der Waals surface area (Å²) in [5, 5.41) is 19.8. The Balaban J connectivity index is 2.61. The molecule has 1 aromatic carbocycles. The normalized spacial score (nSPS) is 10.4. The largest absolute Gasteiger partial charge is 0.494 e. The molecule has 0 fully saturated rings. The van der Waals surface area contributed by atoms with E-state index in [1.807, 2.05) is 43.3 Å². The van der Waals surface area contributed by atoms with E-state index in [0.29, 0.717) is 6.42 Å². The Morgan fingerprint density at radius 1 is 1.29 bits per heavy atom. The zero-order valence-corrected chi connectivity index (χ0v) is 13.9. The number of hydrogen-bond donors (Lipinski definition) is 1. The fraction of sp³-hybridized carbons (Fsp3) is 0.316. The van der Waals surface area contributed by atoms with Gasteiger partial charge >= 0.3 is 0 Å². The molecule has 0 aliphatic heterocycles. The van der Waals surface area contributed by atoms with E-state index in [1.54, 1.807) is 0 Å². The third-order valence-corrected chi connectivity index (χ3v) is 4.02. The number of hydrogen-bond acceptors (Lipinski definition) is 4. The monoisotopic (exact) mass is 324 g/mol. The maximum absolute atomic E-state index is 12.5. The molecule has 1 N–H and O–H groups in total. The number of Topliss-reactive ketones (excluding diaryl/α,β-unsaturated/α-hetero) is 1. The fourth-order valence-electron chi connectivity index (χ4n) is 2.66. The lowest BCUT2D eigenvalue weighted by atomic mass is 9.98. The summed E-state index contributed by atoms with van der Waals surface area (Å²) in [5.74, 6) is -0.605. The predicted molar refractivity (Wildman–Crippen MR) is 91.2 cm³/mol. The number of nitrogens with zero attached hydrogens (tertiary/aromatic N) is 2. The van der Waals surface area contributed by atoms with Crippen LogP contribution in [-0.4, -0.2) is 15.5 Å². The lowest BCUT2D eigenvalue weighted by molar-refractivity contribution is 0.0975. The highest BCUT2D eigenvalue weighted by Gasteiger charge is 2.23. The lowest BCUT2D eigenvalue weighted by Crippen LogP contribution is -2.27. The second kappa shape index (κ2) is 7.60. The number of aromatic hydroxyl groups is 1. The van der Waals surface area contributed by atoms with E-state index in [1.165, 1.54) is 6.92 Å². The van der Waals surface area contributed by atoms with Crippen molar-refractivity contribution < 1.29 is 9.90 Å². The first-order chi connectivity index (χ1) is 11.5. The second-order valence-corrected chi connectivity index (χ2v) is 5.71. The SMILES string of the molecule is CCCCC(=O)c1c(C)c(C#N)c(=O)n(Cc2ccccc2)c1O. The molecule has 5 heteroatoms. The van der Waals surface area contributed by atoms with E-state index in [9.17, 15) is 20.0 Å². The number of benzene rings is 1. The highest BCUT2D eigenvalue weighted by Crippen LogP contribution is 2.24. The van der Waals surface area contributed by atoms with Gasteiger partial charge in [0.2, 0.25) is 5.88 Å². The molecule has 5 nitrogen and oxygen atoms in total. The van der Waals surface area contributed by atoms with Crippen LogP contribution in [-0.2, 0) is 6.54 Å². The number of aromatic nitrogens is 1. The average Bonchev–Trinajstić information content (AvgIpc) is 2.58. The van der Waals surface area contributed by atoms with Crippen molar-refractivity contribution in [1.29, 1.82) is 5.26 Å². The minimum atomic E-state index is -0.580. The van der Waals surface area contributed by atoms with Gasteiger partial charge in [-0.3, -0.25) is 14.2 Å². The van der Waals surface area contributed by atoms with Gasteiger partial charge in [0.15, 0.2) is 5.78 Å². The number of ketones is 1. The molecule has 1 aromatic heterocycles. The van der Waals surface area contributed by atoms with Gasteiger partial charge < -0.3 is 5.11 Å². The van der Waals surface area contributed by atoms with E-state index in [0.717, 1.165) is 16.6 Å². The third kappa shape index (κ3) is 3.38. The highest BCUT2D eigenvalue weighted by atomic mass is 16.3. The number of carbonyl (C=O) groups excluding carboxylic acids is 1. The van der Waals surface area contributed by atoms with Crippen LogP contribution in [0.3, 0.4) is 0 Å². The standard InChI is InChI=1S/C19H20N2O3/c1-3-4-10-16(22)17-13(2)15(11-20)18(23)21(19(17)24)12-14-8-6-5-7-9-14/h5-9,24H,3-4,10,12H2,1-2H3. The Hall–Kier alpha value is -2.87. The third-order valence-electron chi connectivity index (χ3n) is 4.02. The molecule has 0 saturated carbocycles. The smallest absolute Gasteiger partial charge is 0.271 e. The van der Waals surface area contributed by atoms with E-state index in [2.05, 4.69) is 0 Å². The molecule has 0 saturated heterocycles. The summed E-state index contributed by atoms with van der Waals surface area (Å²) in [6.45, 7) is 3.61. The van der Waals surface area contributed by atoms with Crippen molar-refractivity contribution in [3.63, 3.8) is 0 Å². The Morgan fingerprint density at radius 2 is 1.96 bits per heavy atom. The Kier molecular flexibility index (Phi) is 5.54. The van der Waals surface area contributed by atoms with Gasteiger partial charge in [-0.25, -0.2) is 0 Å². The number of nitriles is 1. The zero-order valence-electron chi connectivity index (χ0n) is 13.9. The Morgan fingerprint density at radius 3 is 2.54 bits per heavy atom. The van der Waals surface area contributed by atoms with Crippen molar-refractivity contribution in [3.05, 3.63) is 62.9 Å². The van der Waals surface area contributed by atoms with Crippen molar-refractivity contribution in [3.8, 4) is 11.9 Å². The summed E-state index contributed by atoms with van der Waals surface area (Å²) in [6, 6.07) is 11.0. The van der Waals surface area contributed by atoms with Crippen molar-refractivity contribution in [1.82, 2.24) is 4.57 Å². The van der Waals surface area contributed by atoms with Crippen molar-refractivity contribution >= 4 is 5.78 Å². The minimum absolute atomic E-state index is 0.0792. The number of unbranched alkanes of at least 4 members (excludes halogenated alkanes) is 1. The number of carbonyl (C=O) groups is 1. The van der Waals surface area contributed by atoms with Crippen molar-refractivity contribution in [2.24, 2.45) is 0 Å². The summed E-state index contributed by atoms with van der Waals surface area (Å²) < 4.78 is 1.10. The molecule has 0 atom stereocenters. The van der Waals surface area contributed by atoms with E-state index < -0.39 is 5.56 Å². The van der Waals surface area contributed by atoms with Gasteiger partial charge in [-0.05, 0) is 24.5 Å². The Bertz CT molecular complexity index is 846. The number of pyridine rings is 1. The fourth-order valence-corrected chi connectivity index (χ4v) is 2.66. The van der Waals surface area contributed by atoms with Crippen LogP contribution in [0.4, 0.5) is 0 Å². The van der Waals surface area contributed by atoms with Crippen LogP contribution in [0.5, 0.6) is 5.88 Å².